The fourth-order valence-electron chi connectivity index (χ4n) is 2.50. The van der Waals surface area contributed by atoms with Crippen LogP contribution in [0.3, 0.4) is 0 Å². The fourth-order valence-corrected chi connectivity index (χ4v) is 2.50. The predicted octanol–water partition coefficient (Wildman–Crippen LogP) is 2.97. The van der Waals surface area contributed by atoms with Crippen LogP contribution in [0.2, 0.25) is 0 Å². The van der Waals surface area contributed by atoms with Gasteiger partial charge >= 0.3 is 0 Å². The third kappa shape index (κ3) is 2.37. The van der Waals surface area contributed by atoms with E-state index in [1.165, 1.54) is 6.42 Å². The third-order valence-electron chi connectivity index (χ3n) is 3.52. The van der Waals surface area contributed by atoms with Gasteiger partial charge in [-0.1, -0.05) is 6.42 Å². The molecule has 0 unspecified atom stereocenters. The van der Waals surface area contributed by atoms with Gasteiger partial charge in [0.15, 0.2) is 5.82 Å². The normalized spacial score (nSPS) is 15.5. The molecule has 0 amide bonds. The van der Waals surface area contributed by atoms with E-state index in [1.54, 1.807) is 6.08 Å². The lowest BCUT2D eigenvalue weighted by Crippen LogP contribution is -2.05. The molecule has 20 heavy (non-hydrogen) atoms. The molecular weight excluding hydrogens is 252 g/mol. The maximum Gasteiger partial charge on any atom is 0.174 e. The second-order valence-electron chi connectivity index (χ2n) is 5.02. The molecule has 3 rings (SSSR count). The first-order chi connectivity index (χ1) is 9.78. The van der Waals surface area contributed by atoms with E-state index in [0.29, 0.717) is 17.2 Å². The molecule has 0 saturated carbocycles. The van der Waals surface area contributed by atoms with Gasteiger partial charge in [0.2, 0.25) is 0 Å². The van der Waals surface area contributed by atoms with E-state index in [1.807, 2.05) is 19.1 Å². The highest BCUT2D eigenvalue weighted by molar-refractivity contribution is 5.86. The van der Waals surface area contributed by atoms with Gasteiger partial charge in [0.25, 0.3) is 0 Å². The lowest BCUT2D eigenvalue weighted by Gasteiger charge is -2.05. The van der Waals surface area contributed by atoms with Crippen molar-refractivity contribution in [2.45, 2.75) is 39.2 Å². The number of nitrogens with zero attached hydrogens (tertiary/aromatic N) is 4. The summed E-state index contributed by atoms with van der Waals surface area (Å²) < 4.78 is 7.56. The molecule has 0 atom stereocenters. The summed E-state index contributed by atoms with van der Waals surface area (Å²) in [7, 11) is 0. The van der Waals surface area contributed by atoms with Crippen molar-refractivity contribution < 1.29 is 4.42 Å². The Morgan fingerprint density at radius 2 is 2.25 bits per heavy atom. The Hall–Kier alpha value is -2.35. The lowest BCUT2D eigenvalue weighted by atomic mass is 10.2. The molecular formula is C15H16N4O. The average molecular weight is 268 g/mol. The van der Waals surface area contributed by atoms with Crippen molar-refractivity contribution in [1.29, 1.82) is 5.26 Å². The Balaban J connectivity index is 2.00. The van der Waals surface area contributed by atoms with Crippen LogP contribution in [0.5, 0.6) is 0 Å². The van der Waals surface area contributed by atoms with E-state index in [9.17, 15) is 5.26 Å². The molecule has 1 aliphatic rings. The van der Waals surface area contributed by atoms with Crippen LogP contribution in [-0.2, 0) is 13.0 Å². The van der Waals surface area contributed by atoms with E-state index in [4.69, 9.17) is 4.42 Å². The Bertz CT molecular complexity index is 687. The topological polar surface area (TPSA) is 67.6 Å². The molecule has 5 nitrogen and oxygen atoms in total. The number of aromatic nitrogens is 3. The van der Waals surface area contributed by atoms with Gasteiger partial charge < -0.3 is 8.98 Å². The zero-order valence-corrected chi connectivity index (χ0v) is 11.5. The third-order valence-corrected chi connectivity index (χ3v) is 3.52. The van der Waals surface area contributed by atoms with Gasteiger partial charge in [0, 0.05) is 19.0 Å². The van der Waals surface area contributed by atoms with Gasteiger partial charge in [-0.2, -0.15) is 5.26 Å². The maximum atomic E-state index is 9.40. The van der Waals surface area contributed by atoms with E-state index in [0.717, 1.165) is 37.4 Å². The van der Waals surface area contributed by atoms with Crippen LogP contribution in [0, 0.1) is 18.3 Å². The minimum absolute atomic E-state index is 0.500. The van der Waals surface area contributed by atoms with Crippen LogP contribution in [0.25, 0.3) is 11.6 Å². The van der Waals surface area contributed by atoms with Gasteiger partial charge in [-0.15, -0.1) is 10.2 Å². The van der Waals surface area contributed by atoms with Crippen molar-refractivity contribution in [3.05, 3.63) is 35.3 Å². The lowest BCUT2D eigenvalue weighted by molar-refractivity contribution is 0.525. The van der Waals surface area contributed by atoms with E-state index in [2.05, 4.69) is 20.8 Å². The van der Waals surface area contributed by atoms with Gasteiger partial charge in [-0.05, 0) is 31.9 Å². The standard InChI is InChI=1S/C15H16N4O/c1-11-6-7-13(20-11)9-12(10-16)15-18-17-14-5-3-2-4-8-19(14)15/h6-7,9H,2-5,8H2,1H3/b12-9+. The predicted molar refractivity (Wildman–Crippen MR) is 74.5 cm³/mol. The number of rotatable bonds is 2. The first-order valence-corrected chi connectivity index (χ1v) is 6.88. The molecule has 1 aliphatic heterocycles. The van der Waals surface area contributed by atoms with Crippen LogP contribution in [0.4, 0.5) is 0 Å². The highest BCUT2D eigenvalue weighted by Crippen LogP contribution is 2.21. The summed E-state index contributed by atoms with van der Waals surface area (Å²) in [6, 6.07) is 5.94. The van der Waals surface area contributed by atoms with E-state index < -0.39 is 0 Å². The Labute approximate surface area is 117 Å². The zero-order chi connectivity index (χ0) is 13.9. The highest BCUT2D eigenvalue weighted by Gasteiger charge is 2.17. The van der Waals surface area contributed by atoms with Gasteiger partial charge in [0.05, 0.1) is 0 Å². The SMILES string of the molecule is Cc1ccc(/C=C(\C#N)c2nnc3n2CCCCC3)o1. The molecule has 0 fully saturated rings. The molecule has 0 saturated heterocycles. The molecule has 2 aromatic rings. The maximum absolute atomic E-state index is 9.40. The molecule has 0 aromatic carbocycles. The molecule has 102 valence electrons. The number of nitriles is 1. The summed E-state index contributed by atoms with van der Waals surface area (Å²) in [5.74, 6) is 3.13. The fraction of sp³-hybridized carbons (Fsp3) is 0.400. The van der Waals surface area contributed by atoms with Crippen LogP contribution in [-0.4, -0.2) is 14.8 Å². The first-order valence-electron chi connectivity index (χ1n) is 6.88. The second-order valence-corrected chi connectivity index (χ2v) is 5.02. The monoisotopic (exact) mass is 268 g/mol. The van der Waals surface area contributed by atoms with Crippen LogP contribution in [0.15, 0.2) is 16.5 Å². The minimum atomic E-state index is 0.500. The number of aryl methyl sites for hydroxylation is 2. The van der Waals surface area contributed by atoms with Crippen LogP contribution in [0.1, 0.15) is 42.4 Å². The van der Waals surface area contributed by atoms with Crippen molar-refractivity contribution >= 4 is 11.6 Å². The van der Waals surface area contributed by atoms with E-state index in [-0.39, 0.29) is 0 Å². The number of hydrogen-bond acceptors (Lipinski definition) is 4. The van der Waals surface area contributed by atoms with E-state index >= 15 is 0 Å². The number of allylic oxidation sites excluding steroid dienone is 1. The van der Waals surface area contributed by atoms with Crippen molar-refractivity contribution in [3.63, 3.8) is 0 Å². The molecule has 0 spiro atoms. The number of hydrogen-bond donors (Lipinski definition) is 0. The van der Waals surface area contributed by atoms with Gasteiger partial charge in [-0.3, -0.25) is 0 Å². The number of furan rings is 1. The molecule has 0 bridgehead atoms. The highest BCUT2D eigenvalue weighted by atomic mass is 16.3. The van der Waals surface area contributed by atoms with Crippen molar-refractivity contribution in [1.82, 2.24) is 14.8 Å². The first kappa shape index (κ1) is 12.7. The summed E-state index contributed by atoms with van der Waals surface area (Å²) in [5.41, 5.74) is 0.500. The smallest absolute Gasteiger partial charge is 0.174 e. The summed E-state index contributed by atoms with van der Waals surface area (Å²) in [6.07, 6.45) is 6.12. The van der Waals surface area contributed by atoms with Crippen molar-refractivity contribution in [2.75, 3.05) is 0 Å². The largest absolute Gasteiger partial charge is 0.462 e. The Kier molecular flexibility index (Phi) is 3.38. The molecule has 2 aromatic heterocycles. The quantitative estimate of drug-likeness (QED) is 0.785. The van der Waals surface area contributed by atoms with Gasteiger partial charge in [0.1, 0.15) is 29.0 Å². The molecule has 0 aliphatic carbocycles. The minimum Gasteiger partial charge on any atom is -0.462 e. The van der Waals surface area contributed by atoms with Crippen LogP contribution >= 0.6 is 0 Å². The zero-order valence-electron chi connectivity index (χ0n) is 11.5. The Morgan fingerprint density at radius 3 is 3.00 bits per heavy atom. The van der Waals surface area contributed by atoms with Gasteiger partial charge in [-0.25, -0.2) is 0 Å². The molecule has 3 heterocycles. The van der Waals surface area contributed by atoms with Crippen LogP contribution < -0.4 is 0 Å². The van der Waals surface area contributed by atoms with Crippen molar-refractivity contribution in [2.24, 2.45) is 0 Å². The average Bonchev–Trinajstić information content (AvgIpc) is 2.96. The molecule has 0 radical (unpaired) electrons. The Morgan fingerprint density at radius 1 is 1.35 bits per heavy atom. The molecule has 0 N–H and O–H groups in total. The van der Waals surface area contributed by atoms with Crippen molar-refractivity contribution in [3.8, 4) is 6.07 Å². The summed E-state index contributed by atoms with van der Waals surface area (Å²) >= 11 is 0. The summed E-state index contributed by atoms with van der Waals surface area (Å²) in [4.78, 5) is 0. The summed E-state index contributed by atoms with van der Waals surface area (Å²) in [6.45, 7) is 2.76. The second kappa shape index (κ2) is 5.33. The number of fused-ring (bicyclic) bond motifs is 1. The molecule has 5 heteroatoms. The summed E-state index contributed by atoms with van der Waals surface area (Å²) in [5, 5.41) is 17.8.